The van der Waals surface area contributed by atoms with E-state index in [0.717, 1.165) is 23.5 Å². The molecule has 0 saturated carbocycles. The van der Waals surface area contributed by atoms with Gasteiger partial charge in [-0.2, -0.15) is 0 Å². The Bertz CT molecular complexity index is 796. The molecule has 0 radical (unpaired) electrons. The molecule has 1 fully saturated rings. The fourth-order valence-electron chi connectivity index (χ4n) is 5.48. The van der Waals surface area contributed by atoms with E-state index >= 15 is 0 Å². The fraction of sp³-hybridized carbons (Fsp3) is 0.788. The van der Waals surface area contributed by atoms with E-state index in [-0.39, 0.29) is 35.1 Å². The molecule has 0 bridgehead atoms. The molecule has 1 aliphatic rings. The molecule has 1 saturated heterocycles. The minimum absolute atomic E-state index is 0.0446. The summed E-state index contributed by atoms with van der Waals surface area (Å²) in [7, 11) is 1.67. The Balaban J connectivity index is 1.74. The van der Waals surface area contributed by atoms with Crippen LogP contribution >= 0.6 is 11.8 Å². The lowest BCUT2D eigenvalue weighted by atomic mass is 9.83. The van der Waals surface area contributed by atoms with Crippen LogP contribution in [0, 0.1) is 17.8 Å². The van der Waals surface area contributed by atoms with Crippen molar-refractivity contribution in [3.05, 3.63) is 29.8 Å². The van der Waals surface area contributed by atoms with E-state index in [2.05, 4.69) is 20.8 Å². The summed E-state index contributed by atoms with van der Waals surface area (Å²) in [4.78, 5) is 13.1. The van der Waals surface area contributed by atoms with E-state index in [1.165, 1.54) is 69.5 Å². The van der Waals surface area contributed by atoms with Crippen LogP contribution in [0.4, 0.5) is 0 Å². The minimum Gasteiger partial charge on any atom is -0.497 e. The van der Waals surface area contributed by atoms with Crippen LogP contribution < -0.4 is 4.74 Å². The second-order valence-electron chi connectivity index (χ2n) is 11.9. The predicted molar refractivity (Wildman–Crippen MR) is 163 cm³/mol. The van der Waals surface area contributed by atoms with Gasteiger partial charge in [-0.3, -0.25) is 4.79 Å². The Labute approximate surface area is 243 Å². The number of ether oxygens (including phenoxy) is 4. The molecule has 39 heavy (non-hydrogen) atoms. The van der Waals surface area contributed by atoms with Gasteiger partial charge in [0.05, 0.1) is 38.4 Å². The molecule has 6 heteroatoms. The van der Waals surface area contributed by atoms with E-state index in [4.69, 9.17) is 18.9 Å². The van der Waals surface area contributed by atoms with Crippen molar-refractivity contribution in [1.29, 1.82) is 0 Å². The summed E-state index contributed by atoms with van der Waals surface area (Å²) >= 11 is 1.49. The molecule has 1 aliphatic heterocycles. The molecule has 1 heterocycles. The fourth-order valence-corrected chi connectivity index (χ4v) is 6.43. The van der Waals surface area contributed by atoms with Gasteiger partial charge in [0.1, 0.15) is 5.75 Å². The lowest BCUT2D eigenvalue weighted by Gasteiger charge is -2.48. The summed E-state index contributed by atoms with van der Waals surface area (Å²) in [6.45, 7) is 13.7. The highest BCUT2D eigenvalue weighted by Gasteiger charge is 2.46. The molecule has 1 aromatic carbocycles. The van der Waals surface area contributed by atoms with Gasteiger partial charge in [-0.05, 0) is 38.0 Å². The van der Waals surface area contributed by atoms with Crippen LogP contribution in [-0.2, 0) is 25.6 Å². The van der Waals surface area contributed by atoms with Crippen LogP contribution in [0.5, 0.6) is 5.75 Å². The van der Waals surface area contributed by atoms with Crippen LogP contribution in [-0.4, -0.2) is 42.6 Å². The van der Waals surface area contributed by atoms with Gasteiger partial charge in [0.15, 0.2) is 10.9 Å². The van der Waals surface area contributed by atoms with E-state index in [1.54, 1.807) is 7.11 Å². The first-order valence-electron chi connectivity index (χ1n) is 15.4. The van der Waals surface area contributed by atoms with Gasteiger partial charge in [-0.1, -0.05) is 109 Å². The molecule has 0 aromatic heterocycles. The molecule has 2 rings (SSSR count). The largest absolute Gasteiger partial charge is 0.497 e. The van der Waals surface area contributed by atoms with Crippen molar-refractivity contribution in [3.63, 3.8) is 0 Å². The van der Waals surface area contributed by atoms with Crippen molar-refractivity contribution in [3.8, 4) is 5.75 Å². The monoisotopic (exact) mass is 564 g/mol. The molecule has 5 atom stereocenters. The Morgan fingerprint density at radius 1 is 0.923 bits per heavy atom. The molecule has 5 nitrogen and oxygen atoms in total. The summed E-state index contributed by atoms with van der Waals surface area (Å²) < 4.78 is 24.0. The van der Waals surface area contributed by atoms with Crippen LogP contribution in [0.25, 0.3) is 0 Å². The number of carbonyl (C=O) groups is 1. The van der Waals surface area contributed by atoms with Gasteiger partial charge < -0.3 is 18.9 Å². The van der Waals surface area contributed by atoms with Crippen LogP contribution in [0.1, 0.15) is 111 Å². The van der Waals surface area contributed by atoms with Crippen molar-refractivity contribution < 1.29 is 23.7 Å². The number of methoxy groups -OCH3 is 1. The molecule has 1 aromatic rings. The topological polar surface area (TPSA) is 54.0 Å². The highest BCUT2D eigenvalue weighted by molar-refractivity contribution is 8.13. The second-order valence-corrected chi connectivity index (χ2v) is 13.0. The quantitative estimate of drug-likeness (QED) is 0.156. The van der Waals surface area contributed by atoms with Gasteiger partial charge in [-0.15, -0.1) is 0 Å². The summed E-state index contributed by atoms with van der Waals surface area (Å²) in [5.41, 5.74) is 1.11. The van der Waals surface area contributed by atoms with Gasteiger partial charge in [-0.25, -0.2) is 0 Å². The Hall–Kier alpha value is -1.08. The molecular formula is C33H56O5S. The summed E-state index contributed by atoms with van der Waals surface area (Å²) in [5, 5.41) is 0.239. The highest BCUT2D eigenvalue weighted by atomic mass is 32.2. The van der Waals surface area contributed by atoms with Crippen molar-refractivity contribution in [2.45, 2.75) is 130 Å². The second kappa shape index (κ2) is 18.4. The summed E-state index contributed by atoms with van der Waals surface area (Å²) in [6.07, 6.45) is 12.9. The third-order valence-corrected chi connectivity index (χ3v) is 9.00. The third kappa shape index (κ3) is 12.5. The normalized spacial score (nSPS) is 22.4. The average Bonchev–Trinajstić information content (AvgIpc) is 2.92. The third-order valence-electron chi connectivity index (χ3n) is 7.85. The summed E-state index contributed by atoms with van der Waals surface area (Å²) in [5.74, 6) is 1.10. The number of carbonyl (C=O) groups excluding carboxylic acids is 1. The van der Waals surface area contributed by atoms with E-state index in [0.29, 0.717) is 13.2 Å². The van der Waals surface area contributed by atoms with Gasteiger partial charge in [0.25, 0.3) is 0 Å². The zero-order valence-corrected chi connectivity index (χ0v) is 26.7. The first-order valence-corrected chi connectivity index (χ1v) is 16.4. The van der Waals surface area contributed by atoms with Crippen molar-refractivity contribution in [2.75, 3.05) is 19.5 Å². The zero-order valence-electron chi connectivity index (χ0n) is 25.8. The summed E-state index contributed by atoms with van der Waals surface area (Å²) in [6, 6.07) is 7.95. The van der Waals surface area contributed by atoms with E-state index in [9.17, 15) is 4.79 Å². The van der Waals surface area contributed by atoms with Crippen LogP contribution in [0.15, 0.2) is 24.3 Å². The van der Waals surface area contributed by atoms with Gasteiger partial charge >= 0.3 is 0 Å². The first kappa shape index (κ1) is 34.1. The van der Waals surface area contributed by atoms with Gasteiger partial charge in [0.2, 0.25) is 0 Å². The molecule has 224 valence electrons. The van der Waals surface area contributed by atoms with Crippen molar-refractivity contribution >= 4 is 16.9 Å². The van der Waals surface area contributed by atoms with E-state index < -0.39 is 5.79 Å². The first-order chi connectivity index (χ1) is 18.7. The Kier molecular flexibility index (Phi) is 16.1. The van der Waals surface area contributed by atoms with Crippen molar-refractivity contribution in [2.24, 2.45) is 17.8 Å². The maximum absolute atomic E-state index is 13.1. The smallest absolute Gasteiger partial charge is 0.194 e. The maximum atomic E-state index is 13.1. The molecular weight excluding hydrogens is 508 g/mol. The lowest BCUT2D eigenvalue weighted by molar-refractivity contribution is -0.333. The lowest BCUT2D eigenvalue weighted by Crippen LogP contribution is -2.55. The molecule has 0 spiro atoms. The Morgan fingerprint density at radius 2 is 1.49 bits per heavy atom. The number of rotatable bonds is 19. The minimum atomic E-state index is -0.734. The molecule has 0 unspecified atom stereocenters. The SMILES string of the molecule is CCCCCCCCCCCCSC(=O)[C@@H](C)[C@@H]1OC(C)(C)O[C@@H]([C@@H](C)COCc2ccc(OC)cc2)[C@H]1C. The maximum Gasteiger partial charge on any atom is 0.194 e. The van der Waals surface area contributed by atoms with Crippen molar-refractivity contribution in [1.82, 2.24) is 0 Å². The van der Waals surface area contributed by atoms with Crippen LogP contribution in [0.2, 0.25) is 0 Å². The number of benzene rings is 1. The van der Waals surface area contributed by atoms with Crippen LogP contribution in [0.3, 0.4) is 0 Å². The number of hydrogen-bond donors (Lipinski definition) is 0. The molecule has 0 amide bonds. The average molecular weight is 565 g/mol. The van der Waals surface area contributed by atoms with Gasteiger partial charge in [0, 0.05) is 17.6 Å². The number of hydrogen-bond acceptors (Lipinski definition) is 6. The Morgan fingerprint density at radius 3 is 2.08 bits per heavy atom. The predicted octanol–water partition coefficient (Wildman–Crippen LogP) is 8.82. The molecule has 0 aliphatic carbocycles. The number of unbranched alkanes of at least 4 members (excludes halogenated alkanes) is 9. The zero-order chi connectivity index (χ0) is 28.7. The number of thioether (sulfide) groups is 1. The standard InChI is InChI=1S/C33H56O5S/c1-8-9-10-11-12-13-14-15-16-17-22-39-32(34)27(4)31-26(3)30(37-33(5,6)38-31)25(2)23-36-24-28-18-20-29(35-7)21-19-28/h18-21,25-27,30-31H,8-17,22-24H2,1-7H3/t25-,26+,27-,30-,31+/m0/s1. The van der Waals surface area contributed by atoms with E-state index in [1.807, 2.05) is 45.0 Å². The highest BCUT2D eigenvalue weighted by Crippen LogP contribution is 2.39. The molecule has 0 N–H and O–H groups in total.